The van der Waals surface area contributed by atoms with Crippen molar-refractivity contribution in [1.82, 2.24) is 0 Å². The van der Waals surface area contributed by atoms with Crippen LogP contribution in [0.4, 0.5) is 5.69 Å². The second-order valence-corrected chi connectivity index (χ2v) is 6.53. The van der Waals surface area contributed by atoms with Gasteiger partial charge in [-0.1, -0.05) is 12.1 Å². The molecule has 0 bridgehead atoms. The molecule has 3 nitrogen and oxygen atoms in total. The zero-order valence-electron chi connectivity index (χ0n) is 11.9. The molecule has 0 radical (unpaired) electrons. The molecule has 110 valence electrons. The summed E-state index contributed by atoms with van der Waals surface area (Å²) in [7, 11) is 0. The van der Waals surface area contributed by atoms with Crippen molar-refractivity contribution in [2.75, 3.05) is 11.9 Å². The van der Waals surface area contributed by atoms with Gasteiger partial charge in [-0.15, -0.1) is 11.3 Å². The van der Waals surface area contributed by atoms with Gasteiger partial charge in [0.2, 0.25) is 0 Å². The molecular weight excluding hydrogens is 282 g/mol. The van der Waals surface area contributed by atoms with Crippen LogP contribution in [0.25, 0.3) is 0 Å². The molecule has 2 N–H and O–H groups in total. The van der Waals surface area contributed by atoms with E-state index in [1.54, 1.807) is 11.3 Å². The van der Waals surface area contributed by atoms with Crippen LogP contribution < -0.4 is 5.32 Å². The summed E-state index contributed by atoms with van der Waals surface area (Å²) in [6.45, 7) is 0.145. The van der Waals surface area contributed by atoms with Gasteiger partial charge in [-0.3, -0.25) is 4.79 Å². The lowest BCUT2D eigenvalue weighted by Crippen LogP contribution is -2.10. The lowest BCUT2D eigenvalue weighted by atomic mass is 9.99. The average Bonchev–Trinajstić information content (AvgIpc) is 2.94. The maximum atomic E-state index is 12.3. The largest absolute Gasteiger partial charge is 0.396 e. The summed E-state index contributed by atoms with van der Waals surface area (Å²) >= 11 is 1.63. The van der Waals surface area contributed by atoms with Gasteiger partial charge in [-0.2, -0.15) is 0 Å². The Morgan fingerprint density at radius 3 is 2.67 bits per heavy atom. The Kier molecular flexibility index (Phi) is 4.36. The first-order chi connectivity index (χ1) is 10.3. The number of benzene rings is 1. The number of fused-ring (bicyclic) bond motifs is 1. The number of nitrogens with one attached hydrogen (secondary N) is 1. The Bertz CT molecular complexity index is 607. The Morgan fingerprint density at radius 1 is 1.19 bits per heavy atom. The number of aryl methyl sites for hydroxylation is 2. The van der Waals surface area contributed by atoms with Crippen molar-refractivity contribution in [2.45, 2.75) is 32.1 Å². The van der Waals surface area contributed by atoms with Crippen LogP contribution in [-0.4, -0.2) is 17.6 Å². The van der Waals surface area contributed by atoms with Crippen molar-refractivity contribution in [1.29, 1.82) is 0 Å². The van der Waals surface area contributed by atoms with Gasteiger partial charge in [0.15, 0.2) is 0 Å². The van der Waals surface area contributed by atoms with E-state index in [9.17, 15) is 4.79 Å². The highest BCUT2D eigenvalue weighted by Crippen LogP contribution is 2.30. The molecule has 1 amide bonds. The second-order valence-electron chi connectivity index (χ2n) is 5.39. The Labute approximate surface area is 128 Å². The second kappa shape index (κ2) is 6.41. The Morgan fingerprint density at radius 2 is 1.95 bits per heavy atom. The summed E-state index contributed by atoms with van der Waals surface area (Å²) in [5, 5.41) is 11.8. The third-order valence-corrected chi connectivity index (χ3v) is 5.07. The van der Waals surface area contributed by atoms with Crippen molar-refractivity contribution in [3.63, 3.8) is 0 Å². The number of anilines is 1. The molecule has 0 atom stereocenters. The highest BCUT2D eigenvalue weighted by molar-refractivity contribution is 7.14. The standard InChI is InChI=1S/C17H19NO2S/c19-10-9-12-5-7-14(8-6-12)18-17(20)16-11-13-3-1-2-4-15(13)21-16/h5-8,11,19H,1-4,9-10H2,(H,18,20). The lowest BCUT2D eigenvalue weighted by Gasteiger charge is -2.08. The number of aliphatic hydroxyl groups excluding tert-OH is 1. The van der Waals surface area contributed by atoms with Crippen LogP contribution in [0.2, 0.25) is 0 Å². The number of hydrogen-bond acceptors (Lipinski definition) is 3. The molecule has 0 aliphatic heterocycles. The van der Waals surface area contributed by atoms with Gasteiger partial charge < -0.3 is 10.4 Å². The van der Waals surface area contributed by atoms with Crippen LogP contribution in [0.5, 0.6) is 0 Å². The first-order valence-corrected chi connectivity index (χ1v) is 8.20. The first kappa shape index (κ1) is 14.3. The number of carbonyl (C=O) groups is 1. The number of aliphatic hydroxyl groups is 1. The molecule has 21 heavy (non-hydrogen) atoms. The molecule has 0 fully saturated rings. The summed E-state index contributed by atoms with van der Waals surface area (Å²) in [5.74, 6) is -0.0238. The zero-order chi connectivity index (χ0) is 14.7. The van der Waals surface area contributed by atoms with E-state index in [0.717, 1.165) is 29.0 Å². The Hall–Kier alpha value is -1.65. The van der Waals surface area contributed by atoms with Crippen molar-refractivity contribution in [2.24, 2.45) is 0 Å². The Balaban J connectivity index is 1.69. The predicted octanol–water partition coefficient (Wildman–Crippen LogP) is 3.41. The highest BCUT2D eigenvalue weighted by atomic mass is 32.1. The van der Waals surface area contributed by atoms with Gasteiger partial charge in [-0.05, 0) is 61.4 Å². The van der Waals surface area contributed by atoms with Crippen LogP contribution >= 0.6 is 11.3 Å². The van der Waals surface area contributed by atoms with E-state index in [1.807, 2.05) is 24.3 Å². The maximum absolute atomic E-state index is 12.3. The molecule has 3 rings (SSSR count). The minimum atomic E-state index is -0.0238. The van der Waals surface area contributed by atoms with Crippen molar-refractivity contribution >= 4 is 22.9 Å². The minimum absolute atomic E-state index is 0.0238. The van der Waals surface area contributed by atoms with E-state index in [-0.39, 0.29) is 12.5 Å². The predicted molar refractivity (Wildman–Crippen MR) is 86.1 cm³/mol. The molecule has 1 aliphatic carbocycles. The molecule has 0 unspecified atom stereocenters. The summed E-state index contributed by atoms with van der Waals surface area (Å²) in [5.41, 5.74) is 3.23. The smallest absolute Gasteiger partial charge is 0.265 e. The first-order valence-electron chi connectivity index (χ1n) is 7.39. The normalized spacial score (nSPS) is 13.8. The molecule has 1 aromatic heterocycles. The van der Waals surface area contributed by atoms with E-state index >= 15 is 0 Å². The topological polar surface area (TPSA) is 49.3 Å². The zero-order valence-corrected chi connectivity index (χ0v) is 12.7. The van der Waals surface area contributed by atoms with Gasteiger partial charge in [0.05, 0.1) is 4.88 Å². The number of carbonyl (C=O) groups excluding carboxylic acids is 1. The van der Waals surface area contributed by atoms with E-state index in [4.69, 9.17) is 5.11 Å². The summed E-state index contributed by atoms with van der Waals surface area (Å²) in [6, 6.07) is 9.69. The molecule has 0 saturated heterocycles. The minimum Gasteiger partial charge on any atom is -0.396 e. The number of hydrogen-bond donors (Lipinski definition) is 2. The van der Waals surface area contributed by atoms with E-state index < -0.39 is 0 Å². The van der Waals surface area contributed by atoms with Gasteiger partial charge in [0, 0.05) is 17.2 Å². The van der Waals surface area contributed by atoms with Crippen LogP contribution in [0.1, 0.15) is 38.5 Å². The molecule has 2 aromatic rings. The van der Waals surface area contributed by atoms with Crippen molar-refractivity contribution < 1.29 is 9.90 Å². The van der Waals surface area contributed by atoms with E-state index in [1.165, 1.54) is 23.3 Å². The lowest BCUT2D eigenvalue weighted by molar-refractivity contribution is 0.103. The molecule has 1 heterocycles. The van der Waals surface area contributed by atoms with Crippen molar-refractivity contribution in [3.05, 3.63) is 51.2 Å². The molecule has 0 saturated carbocycles. The maximum Gasteiger partial charge on any atom is 0.265 e. The quantitative estimate of drug-likeness (QED) is 0.909. The number of amides is 1. The third kappa shape index (κ3) is 3.34. The number of thiophene rings is 1. The summed E-state index contributed by atoms with van der Waals surface area (Å²) in [6.07, 6.45) is 5.34. The summed E-state index contributed by atoms with van der Waals surface area (Å²) in [4.78, 5) is 14.5. The molecular formula is C17H19NO2S. The van der Waals surface area contributed by atoms with Crippen molar-refractivity contribution in [3.8, 4) is 0 Å². The molecule has 0 spiro atoms. The average molecular weight is 301 g/mol. The molecule has 4 heteroatoms. The van der Waals surface area contributed by atoms with Crippen LogP contribution in [0, 0.1) is 0 Å². The molecule has 1 aromatic carbocycles. The fraction of sp³-hybridized carbons (Fsp3) is 0.353. The van der Waals surface area contributed by atoms with Gasteiger partial charge >= 0.3 is 0 Å². The SMILES string of the molecule is O=C(Nc1ccc(CCO)cc1)c1cc2c(s1)CCCC2. The fourth-order valence-corrected chi connectivity index (χ4v) is 3.83. The molecule has 1 aliphatic rings. The van der Waals surface area contributed by atoms with Gasteiger partial charge in [-0.25, -0.2) is 0 Å². The van der Waals surface area contributed by atoms with Crippen LogP contribution in [0.3, 0.4) is 0 Å². The number of rotatable bonds is 4. The third-order valence-electron chi connectivity index (χ3n) is 3.83. The fourth-order valence-electron chi connectivity index (χ4n) is 2.68. The summed E-state index contributed by atoms with van der Waals surface area (Å²) < 4.78 is 0. The van der Waals surface area contributed by atoms with Crippen LogP contribution in [-0.2, 0) is 19.3 Å². The van der Waals surface area contributed by atoms with Gasteiger partial charge in [0.25, 0.3) is 5.91 Å². The van der Waals surface area contributed by atoms with E-state index in [0.29, 0.717) is 6.42 Å². The van der Waals surface area contributed by atoms with E-state index in [2.05, 4.69) is 11.4 Å². The monoisotopic (exact) mass is 301 g/mol. The highest BCUT2D eigenvalue weighted by Gasteiger charge is 2.17. The van der Waals surface area contributed by atoms with Gasteiger partial charge in [0.1, 0.15) is 0 Å². The van der Waals surface area contributed by atoms with Crippen LogP contribution in [0.15, 0.2) is 30.3 Å².